The van der Waals surface area contributed by atoms with Crippen LogP contribution >= 0.6 is 22.9 Å². The molecule has 7 heteroatoms. The van der Waals surface area contributed by atoms with Crippen LogP contribution < -0.4 is 0 Å². The summed E-state index contributed by atoms with van der Waals surface area (Å²) >= 11 is 7.72. The van der Waals surface area contributed by atoms with Gasteiger partial charge in [-0.2, -0.15) is 4.98 Å². The normalized spacial score (nSPS) is 19.2. The summed E-state index contributed by atoms with van der Waals surface area (Å²) in [6.07, 6.45) is 5.01. The van der Waals surface area contributed by atoms with Gasteiger partial charge in [0.1, 0.15) is 17.4 Å². The van der Waals surface area contributed by atoms with Crippen LogP contribution in [-0.2, 0) is 4.74 Å². The van der Waals surface area contributed by atoms with Crippen LogP contribution in [0.2, 0.25) is 5.28 Å². The van der Waals surface area contributed by atoms with Crippen molar-refractivity contribution in [2.24, 2.45) is 0 Å². The number of nitrogens with zero attached hydrogens (tertiary/aromatic N) is 4. The molecule has 0 saturated carbocycles. The SMILES string of the molecule is Clc1nc(-c2cccs2)c2ncn(C3CCCCO3)c2n1. The van der Waals surface area contributed by atoms with E-state index in [4.69, 9.17) is 16.3 Å². The topological polar surface area (TPSA) is 52.8 Å². The van der Waals surface area contributed by atoms with E-state index in [0.717, 1.165) is 47.6 Å². The van der Waals surface area contributed by atoms with E-state index in [1.807, 2.05) is 22.1 Å². The molecule has 4 heterocycles. The molecule has 1 unspecified atom stereocenters. The summed E-state index contributed by atoms with van der Waals surface area (Å²) < 4.78 is 7.79. The first-order valence-corrected chi connectivity index (χ1v) is 8.14. The summed E-state index contributed by atoms with van der Waals surface area (Å²) in [7, 11) is 0. The fourth-order valence-electron chi connectivity index (χ4n) is 2.63. The van der Waals surface area contributed by atoms with Crippen molar-refractivity contribution >= 4 is 34.1 Å². The van der Waals surface area contributed by atoms with Crippen LogP contribution in [-0.4, -0.2) is 26.1 Å². The fraction of sp³-hybridized carbons (Fsp3) is 0.357. The summed E-state index contributed by atoms with van der Waals surface area (Å²) in [4.78, 5) is 14.2. The largest absolute Gasteiger partial charge is 0.358 e. The summed E-state index contributed by atoms with van der Waals surface area (Å²) in [5, 5.41) is 2.25. The van der Waals surface area contributed by atoms with E-state index in [1.54, 1.807) is 17.7 Å². The Morgan fingerprint density at radius 1 is 1.33 bits per heavy atom. The molecule has 0 aromatic carbocycles. The van der Waals surface area contributed by atoms with Gasteiger partial charge in [-0.15, -0.1) is 11.3 Å². The molecular weight excluding hydrogens is 308 g/mol. The molecule has 4 rings (SSSR count). The number of hydrogen-bond donors (Lipinski definition) is 0. The molecule has 1 aliphatic heterocycles. The van der Waals surface area contributed by atoms with Crippen LogP contribution in [0.25, 0.3) is 21.7 Å². The minimum Gasteiger partial charge on any atom is -0.358 e. The lowest BCUT2D eigenvalue weighted by molar-refractivity contribution is -0.0298. The van der Waals surface area contributed by atoms with Crippen molar-refractivity contribution in [3.63, 3.8) is 0 Å². The van der Waals surface area contributed by atoms with Gasteiger partial charge in [-0.3, -0.25) is 4.57 Å². The van der Waals surface area contributed by atoms with E-state index in [1.165, 1.54) is 0 Å². The van der Waals surface area contributed by atoms with Crippen LogP contribution in [0.1, 0.15) is 25.5 Å². The summed E-state index contributed by atoms with van der Waals surface area (Å²) in [6, 6.07) is 4.00. The number of rotatable bonds is 2. The number of hydrogen-bond acceptors (Lipinski definition) is 5. The Labute approximate surface area is 130 Å². The number of fused-ring (bicyclic) bond motifs is 1. The standard InChI is InChI=1S/C14H13ClN4OS/c15-14-17-11(9-4-3-7-21-9)12-13(18-14)19(8-16-12)10-5-1-2-6-20-10/h3-4,7-8,10H,1-2,5-6H2. The van der Waals surface area contributed by atoms with Crippen LogP contribution in [0.3, 0.4) is 0 Å². The number of imidazole rings is 1. The van der Waals surface area contributed by atoms with E-state index in [-0.39, 0.29) is 11.5 Å². The summed E-state index contributed by atoms with van der Waals surface area (Å²) in [5.74, 6) is 0. The minimum atomic E-state index is -0.00842. The first kappa shape index (κ1) is 13.2. The number of ether oxygens (including phenoxy) is 1. The molecule has 1 fully saturated rings. The second-order valence-electron chi connectivity index (χ2n) is 4.96. The monoisotopic (exact) mass is 320 g/mol. The number of thiophene rings is 1. The molecule has 1 aliphatic rings. The number of aromatic nitrogens is 4. The van der Waals surface area contributed by atoms with Gasteiger partial charge in [-0.25, -0.2) is 9.97 Å². The zero-order chi connectivity index (χ0) is 14.2. The van der Waals surface area contributed by atoms with Gasteiger partial charge in [0, 0.05) is 6.61 Å². The fourth-order valence-corrected chi connectivity index (χ4v) is 3.51. The molecule has 1 atom stereocenters. The third kappa shape index (κ3) is 2.33. The van der Waals surface area contributed by atoms with Gasteiger partial charge in [0.25, 0.3) is 0 Å². The Bertz CT molecular complexity index is 765. The van der Waals surface area contributed by atoms with Gasteiger partial charge < -0.3 is 4.74 Å². The maximum Gasteiger partial charge on any atom is 0.225 e. The zero-order valence-corrected chi connectivity index (χ0v) is 12.8. The molecule has 5 nitrogen and oxygen atoms in total. The molecule has 1 saturated heterocycles. The molecule has 108 valence electrons. The molecule has 0 bridgehead atoms. The highest BCUT2D eigenvalue weighted by Gasteiger charge is 2.21. The Balaban J connectivity index is 1.88. The lowest BCUT2D eigenvalue weighted by Gasteiger charge is -2.23. The highest BCUT2D eigenvalue weighted by molar-refractivity contribution is 7.13. The Morgan fingerprint density at radius 2 is 2.29 bits per heavy atom. The third-order valence-corrected chi connectivity index (χ3v) is 4.66. The minimum absolute atomic E-state index is 0.00842. The van der Waals surface area contributed by atoms with Crippen LogP contribution in [0.4, 0.5) is 0 Å². The van der Waals surface area contributed by atoms with Crippen molar-refractivity contribution in [3.05, 3.63) is 29.1 Å². The Hall–Kier alpha value is -1.50. The van der Waals surface area contributed by atoms with Crippen molar-refractivity contribution in [1.29, 1.82) is 0 Å². The molecule has 0 radical (unpaired) electrons. The average molecular weight is 321 g/mol. The van der Waals surface area contributed by atoms with Crippen LogP contribution in [0.15, 0.2) is 23.8 Å². The molecule has 0 N–H and O–H groups in total. The number of halogens is 1. The van der Waals surface area contributed by atoms with E-state index in [9.17, 15) is 0 Å². The van der Waals surface area contributed by atoms with E-state index in [2.05, 4.69) is 15.0 Å². The molecule has 0 aliphatic carbocycles. The van der Waals surface area contributed by atoms with Crippen molar-refractivity contribution in [3.8, 4) is 10.6 Å². The van der Waals surface area contributed by atoms with Gasteiger partial charge in [-0.1, -0.05) is 6.07 Å². The van der Waals surface area contributed by atoms with Gasteiger partial charge in [0.05, 0.1) is 11.2 Å². The van der Waals surface area contributed by atoms with E-state index >= 15 is 0 Å². The maximum atomic E-state index is 6.11. The van der Waals surface area contributed by atoms with Gasteiger partial charge in [0.15, 0.2) is 5.65 Å². The zero-order valence-electron chi connectivity index (χ0n) is 11.2. The van der Waals surface area contributed by atoms with Crippen molar-refractivity contribution in [2.75, 3.05) is 6.61 Å². The second kappa shape index (κ2) is 5.36. The average Bonchev–Trinajstić information content (AvgIpc) is 3.17. The van der Waals surface area contributed by atoms with Crippen molar-refractivity contribution < 1.29 is 4.74 Å². The Kier molecular flexibility index (Phi) is 3.37. The van der Waals surface area contributed by atoms with Gasteiger partial charge in [0.2, 0.25) is 5.28 Å². The summed E-state index contributed by atoms with van der Waals surface area (Å²) in [5.41, 5.74) is 2.30. The predicted molar refractivity (Wildman–Crippen MR) is 82.5 cm³/mol. The highest BCUT2D eigenvalue weighted by Crippen LogP contribution is 2.32. The molecule has 0 amide bonds. The quantitative estimate of drug-likeness (QED) is 0.672. The maximum absolute atomic E-state index is 6.11. The second-order valence-corrected chi connectivity index (χ2v) is 6.25. The predicted octanol–water partition coefficient (Wildman–Crippen LogP) is 3.91. The first-order chi connectivity index (χ1) is 10.3. The summed E-state index contributed by atoms with van der Waals surface area (Å²) in [6.45, 7) is 0.779. The molecular formula is C14H13ClN4OS. The molecule has 0 spiro atoms. The first-order valence-electron chi connectivity index (χ1n) is 6.88. The van der Waals surface area contributed by atoms with Gasteiger partial charge in [-0.05, 0) is 42.3 Å². The van der Waals surface area contributed by atoms with Crippen molar-refractivity contribution in [2.45, 2.75) is 25.5 Å². The smallest absolute Gasteiger partial charge is 0.225 e. The third-order valence-electron chi connectivity index (χ3n) is 3.61. The lowest BCUT2D eigenvalue weighted by atomic mass is 10.2. The van der Waals surface area contributed by atoms with Gasteiger partial charge >= 0.3 is 0 Å². The van der Waals surface area contributed by atoms with Crippen LogP contribution in [0, 0.1) is 0 Å². The van der Waals surface area contributed by atoms with Crippen molar-refractivity contribution in [1.82, 2.24) is 19.5 Å². The molecule has 3 aromatic heterocycles. The molecule has 3 aromatic rings. The highest BCUT2D eigenvalue weighted by atomic mass is 35.5. The molecule has 21 heavy (non-hydrogen) atoms. The van der Waals surface area contributed by atoms with E-state index < -0.39 is 0 Å². The van der Waals surface area contributed by atoms with Crippen LogP contribution in [0.5, 0.6) is 0 Å². The van der Waals surface area contributed by atoms with E-state index in [0.29, 0.717) is 0 Å². The Morgan fingerprint density at radius 3 is 3.05 bits per heavy atom. The lowest BCUT2D eigenvalue weighted by Crippen LogP contribution is -2.17.